The number of hydrogen-bond acceptors (Lipinski definition) is 5. The van der Waals surface area contributed by atoms with Crippen LogP contribution in [0, 0.1) is 0 Å². The molecule has 128 valence electrons. The monoisotopic (exact) mass is 331 g/mol. The van der Waals surface area contributed by atoms with Crippen molar-refractivity contribution in [1.29, 1.82) is 0 Å². The Morgan fingerprint density at radius 2 is 1.92 bits per heavy atom. The lowest BCUT2D eigenvalue weighted by atomic mass is 9.95. The number of amides is 2. The number of nitrogens with one attached hydrogen (secondary N) is 2. The standard InChI is InChI=1S/C17H21N3O4/c1-11-14(16(21)23-2)15(19-17(22)18-11)12-3-5-13(6-4-12)20-7-9-24-10-8-20/h3-6,15H,7-10H2,1-2H3,(H2,18,19,22). The Hall–Kier alpha value is -2.54. The summed E-state index contributed by atoms with van der Waals surface area (Å²) in [6, 6.07) is 7.00. The molecule has 7 nitrogen and oxygen atoms in total. The van der Waals surface area contributed by atoms with Crippen LogP contribution >= 0.6 is 0 Å². The fraction of sp³-hybridized carbons (Fsp3) is 0.412. The number of benzene rings is 1. The minimum Gasteiger partial charge on any atom is -0.466 e. The lowest BCUT2D eigenvalue weighted by Gasteiger charge is -2.30. The Morgan fingerprint density at radius 1 is 1.25 bits per heavy atom. The zero-order chi connectivity index (χ0) is 17.1. The predicted molar refractivity (Wildman–Crippen MR) is 88.6 cm³/mol. The number of methoxy groups -OCH3 is 1. The first-order chi connectivity index (χ1) is 11.6. The lowest BCUT2D eigenvalue weighted by Crippen LogP contribution is -2.45. The Labute approximate surface area is 140 Å². The molecule has 0 bridgehead atoms. The van der Waals surface area contributed by atoms with E-state index in [4.69, 9.17) is 9.47 Å². The number of anilines is 1. The Balaban J connectivity index is 1.87. The van der Waals surface area contributed by atoms with Crippen molar-refractivity contribution in [2.24, 2.45) is 0 Å². The van der Waals surface area contributed by atoms with Crippen molar-refractivity contribution in [3.05, 3.63) is 41.1 Å². The summed E-state index contributed by atoms with van der Waals surface area (Å²) in [6.07, 6.45) is 0. The SMILES string of the molecule is COC(=O)C1=C(C)NC(=O)NC1c1ccc(N2CCOCC2)cc1. The van der Waals surface area contributed by atoms with E-state index in [1.165, 1.54) is 7.11 Å². The minimum atomic E-state index is -0.523. The maximum absolute atomic E-state index is 12.1. The second-order valence-corrected chi connectivity index (χ2v) is 5.75. The smallest absolute Gasteiger partial charge is 0.337 e. The third kappa shape index (κ3) is 3.21. The zero-order valence-electron chi connectivity index (χ0n) is 13.8. The lowest BCUT2D eigenvalue weighted by molar-refractivity contribution is -0.136. The number of rotatable bonds is 3. The average molecular weight is 331 g/mol. The molecule has 2 amide bonds. The van der Waals surface area contributed by atoms with Crippen LogP contribution in [0.15, 0.2) is 35.5 Å². The number of esters is 1. The van der Waals surface area contributed by atoms with Crippen LogP contribution in [0.5, 0.6) is 0 Å². The molecule has 1 unspecified atom stereocenters. The van der Waals surface area contributed by atoms with Gasteiger partial charge in [-0.05, 0) is 24.6 Å². The van der Waals surface area contributed by atoms with Gasteiger partial charge in [-0.15, -0.1) is 0 Å². The molecule has 24 heavy (non-hydrogen) atoms. The first-order valence-corrected chi connectivity index (χ1v) is 7.89. The van der Waals surface area contributed by atoms with E-state index in [0.717, 1.165) is 37.6 Å². The quantitative estimate of drug-likeness (QED) is 0.817. The largest absolute Gasteiger partial charge is 0.466 e. The Kier molecular flexibility index (Phi) is 4.71. The summed E-state index contributed by atoms with van der Waals surface area (Å²) in [4.78, 5) is 26.1. The van der Waals surface area contributed by atoms with E-state index in [1.807, 2.05) is 24.3 Å². The van der Waals surface area contributed by atoms with Crippen LogP contribution < -0.4 is 15.5 Å². The number of nitrogens with zero attached hydrogens (tertiary/aromatic N) is 1. The second-order valence-electron chi connectivity index (χ2n) is 5.75. The van der Waals surface area contributed by atoms with Gasteiger partial charge in [0.25, 0.3) is 0 Å². The topological polar surface area (TPSA) is 79.9 Å². The van der Waals surface area contributed by atoms with Gasteiger partial charge in [0.2, 0.25) is 0 Å². The molecular weight excluding hydrogens is 310 g/mol. The molecule has 0 spiro atoms. The number of urea groups is 1. The summed E-state index contributed by atoms with van der Waals surface area (Å²) < 4.78 is 10.2. The van der Waals surface area contributed by atoms with Gasteiger partial charge in [0.1, 0.15) is 0 Å². The van der Waals surface area contributed by atoms with Crippen molar-refractivity contribution in [2.45, 2.75) is 13.0 Å². The van der Waals surface area contributed by atoms with E-state index in [1.54, 1.807) is 6.92 Å². The zero-order valence-corrected chi connectivity index (χ0v) is 13.8. The fourth-order valence-corrected chi connectivity index (χ4v) is 3.02. The van der Waals surface area contributed by atoms with Crippen LogP contribution in [0.1, 0.15) is 18.5 Å². The summed E-state index contributed by atoms with van der Waals surface area (Å²) in [5.74, 6) is -0.456. The molecule has 0 aromatic heterocycles. The minimum absolute atomic E-state index is 0.331. The van der Waals surface area contributed by atoms with Gasteiger partial charge in [0.15, 0.2) is 0 Å². The van der Waals surface area contributed by atoms with Crippen LogP contribution in [0.3, 0.4) is 0 Å². The molecule has 0 saturated carbocycles. The van der Waals surface area contributed by atoms with Gasteiger partial charge >= 0.3 is 12.0 Å². The fourth-order valence-electron chi connectivity index (χ4n) is 3.02. The maximum atomic E-state index is 12.1. The highest BCUT2D eigenvalue weighted by atomic mass is 16.5. The molecule has 2 aliphatic heterocycles. The average Bonchev–Trinajstić information content (AvgIpc) is 2.61. The number of allylic oxidation sites excluding steroid dienone is 1. The highest BCUT2D eigenvalue weighted by Gasteiger charge is 2.31. The van der Waals surface area contributed by atoms with Crippen molar-refractivity contribution in [3.8, 4) is 0 Å². The first-order valence-electron chi connectivity index (χ1n) is 7.89. The van der Waals surface area contributed by atoms with Crippen molar-refractivity contribution in [2.75, 3.05) is 38.3 Å². The number of carbonyl (C=O) groups is 2. The molecule has 0 aliphatic carbocycles. The molecule has 0 radical (unpaired) electrons. The van der Waals surface area contributed by atoms with E-state index in [9.17, 15) is 9.59 Å². The van der Waals surface area contributed by atoms with E-state index in [2.05, 4.69) is 15.5 Å². The molecule has 2 heterocycles. The molecule has 1 saturated heterocycles. The van der Waals surface area contributed by atoms with Gasteiger partial charge in [-0.2, -0.15) is 0 Å². The van der Waals surface area contributed by atoms with Gasteiger partial charge in [-0.1, -0.05) is 12.1 Å². The number of carbonyl (C=O) groups excluding carboxylic acids is 2. The Bertz CT molecular complexity index is 663. The highest BCUT2D eigenvalue weighted by molar-refractivity contribution is 5.94. The van der Waals surface area contributed by atoms with E-state index in [0.29, 0.717) is 11.3 Å². The third-order valence-corrected chi connectivity index (χ3v) is 4.28. The van der Waals surface area contributed by atoms with E-state index < -0.39 is 12.0 Å². The van der Waals surface area contributed by atoms with Crippen molar-refractivity contribution >= 4 is 17.7 Å². The molecule has 1 aromatic carbocycles. The molecule has 1 fully saturated rings. The number of hydrogen-bond donors (Lipinski definition) is 2. The normalized spacial score (nSPS) is 21.2. The van der Waals surface area contributed by atoms with Crippen molar-refractivity contribution < 1.29 is 19.1 Å². The third-order valence-electron chi connectivity index (χ3n) is 4.28. The van der Waals surface area contributed by atoms with Gasteiger partial charge in [-0.3, -0.25) is 0 Å². The molecule has 1 atom stereocenters. The molecule has 7 heteroatoms. The molecule has 1 aromatic rings. The summed E-state index contributed by atoms with van der Waals surface area (Å²) in [6.45, 7) is 4.85. The van der Waals surface area contributed by atoms with Gasteiger partial charge in [0, 0.05) is 24.5 Å². The van der Waals surface area contributed by atoms with E-state index >= 15 is 0 Å². The first kappa shape index (κ1) is 16.3. The predicted octanol–water partition coefficient (Wildman–Crippen LogP) is 1.32. The van der Waals surface area contributed by atoms with Crippen LogP contribution in [0.2, 0.25) is 0 Å². The van der Waals surface area contributed by atoms with Crippen LogP contribution in [0.25, 0.3) is 0 Å². The van der Waals surface area contributed by atoms with Crippen molar-refractivity contribution in [3.63, 3.8) is 0 Å². The highest BCUT2D eigenvalue weighted by Crippen LogP contribution is 2.29. The van der Waals surface area contributed by atoms with Crippen LogP contribution in [-0.4, -0.2) is 45.4 Å². The molecule has 3 rings (SSSR count). The van der Waals surface area contributed by atoms with E-state index in [-0.39, 0.29) is 6.03 Å². The van der Waals surface area contributed by atoms with Gasteiger partial charge < -0.3 is 25.0 Å². The second kappa shape index (κ2) is 6.92. The van der Waals surface area contributed by atoms with Gasteiger partial charge in [-0.25, -0.2) is 9.59 Å². The van der Waals surface area contributed by atoms with Gasteiger partial charge in [0.05, 0.1) is 31.9 Å². The van der Waals surface area contributed by atoms with Crippen LogP contribution in [-0.2, 0) is 14.3 Å². The summed E-state index contributed by atoms with van der Waals surface area (Å²) in [7, 11) is 1.33. The molecule has 2 N–H and O–H groups in total. The summed E-state index contributed by atoms with van der Waals surface area (Å²) in [5.41, 5.74) is 2.85. The number of ether oxygens (including phenoxy) is 2. The maximum Gasteiger partial charge on any atom is 0.337 e. The van der Waals surface area contributed by atoms with Crippen LogP contribution in [0.4, 0.5) is 10.5 Å². The summed E-state index contributed by atoms with van der Waals surface area (Å²) >= 11 is 0. The Morgan fingerprint density at radius 3 is 2.54 bits per heavy atom. The molecule has 2 aliphatic rings. The number of morpholine rings is 1. The summed E-state index contributed by atoms with van der Waals surface area (Å²) in [5, 5.41) is 5.40. The van der Waals surface area contributed by atoms with Crippen molar-refractivity contribution in [1.82, 2.24) is 10.6 Å². The molecular formula is C17H21N3O4.